The number of amides is 1. The van der Waals surface area contributed by atoms with Gasteiger partial charge in [-0.3, -0.25) is 14.8 Å². The molecule has 3 aromatic rings. The third-order valence-electron chi connectivity index (χ3n) is 3.07. The van der Waals surface area contributed by atoms with Gasteiger partial charge in [0.25, 0.3) is 20.3 Å². The minimum atomic E-state index is -3.91. The highest BCUT2D eigenvalue weighted by atomic mass is 79.9. The lowest BCUT2D eigenvalue weighted by molar-refractivity contribution is 0.102. The number of rotatable bonds is 5. The third kappa shape index (κ3) is 4.39. The molecular formula is C15H10BrClN4O3S2. The van der Waals surface area contributed by atoms with E-state index in [9.17, 15) is 13.2 Å². The summed E-state index contributed by atoms with van der Waals surface area (Å²) in [7, 11) is -3.91. The van der Waals surface area contributed by atoms with Crippen molar-refractivity contribution in [3.63, 3.8) is 0 Å². The molecule has 3 rings (SSSR count). The van der Waals surface area contributed by atoms with E-state index in [2.05, 4.69) is 36.2 Å². The molecule has 0 saturated carbocycles. The van der Waals surface area contributed by atoms with Gasteiger partial charge >= 0.3 is 0 Å². The number of sulfonamides is 1. The number of anilines is 2. The van der Waals surface area contributed by atoms with Crippen molar-refractivity contribution < 1.29 is 13.2 Å². The molecule has 0 fully saturated rings. The number of nitrogens with one attached hydrogen (secondary N) is 2. The molecule has 0 aliphatic heterocycles. The number of hydrogen-bond donors (Lipinski definition) is 2. The lowest BCUT2D eigenvalue weighted by atomic mass is 10.2. The highest BCUT2D eigenvalue weighted by molar-refractivity contribution is 9.10. The second kappa shape index (κ2) is 7.70. The van der Waals surface area contributed by atoms with Crippen LogP contribution in [0.1, 0.15) is 10.4 Å². The highest BCUT2D eigenvalue weighted by Crippen LogP contribution is 2.24. The number of carbonyl (C=O) groups is 1. The fourth-order valence-electron chi connectivity index (χ4n) is 1.90. The van der Waals surface area contributed by atoms with E-state index in [4.69, 9.17) is 11.6 Å². The Morgan fingerprint density at radius 1 is 1.08 bits per heavy atom. The van der Waals surface area contributed by atoms with Crippen LogP contribution in [0.3, 0.4) is 0 Å². The standard InChI is InChI=1S/C15H10BrClN4O3S2/c16-9-5-7-10(8-6-9)21-26(23,24)15-20-19-14(25-15)18-13(22)11-3-1-2-4-12(11)17/h1-8,21H,(H,18,19,22). The molecule has 1 aromatic heterocycles. The Kier molecular flexibility index (Phi) is 5.56. The van der Waals surface area contributed by atoms with E-state index >= 15 is 0 Å². The van der Waals surface area contributed by atoms with Crippen LogP contribution < -0.4 is 10.0 Å². The van der Waals surface area contributed by atoms with Crippen molar-refractivity contribution in [2.24, 2.45) is 0 Å². The SMILES string of the molecule is O=C(Nc1nnc(S(=O)(=O)Nc2ccc(Br)cc2)s1)c1ccccc1Cl. The topological polar surface area (TPSA) is 101 Å². The van der Waals surface area contributed by atoms with Gasteiger partial charge in [-0.2, -0.15) is 8.42 Å². The van der Waals surface area contributed by atoms with Crippen molar-refractivity contribution in [3.05, 3.63) is 63.6 Å². The number of benzene rings is 2. The Morgan fingerprint density at radius 3 is 2.46 bits per heavy atom. The highest BCUT2D eigenvalue weighted by Gasteiger charge is 2.21. The normalized spacial score (nSPS) is 11.2. The first-order valence-electron chi connectivity index (χ1n) is 7.03. The Hall–Kier alpha value is -2.01. The first kappa shape index (κ1) is 18.8. The van der Waals surface area contributed by atoms with Crippen LogP contribution in [0, 0.1) is 0 Å². The van der Waals surface area contributed by atoms with Gasteiger partial charge in [-0.25, -0.2) is 0 Å². The zero-order chi connectivity index (χ0) is 18.7. The van der Waals surface area contributed by atoms with Crippen LogP contribution in [-0.4, -0.2) is 24.5 Å². The van der Waals surface area contributed by atoms with Crippen LogP contribution >= 0.6 is 38.9 Å². The largest absolute Gasteiger partial charge is 0.296 e. The van der Waals surface area contributed by atoms with Gasteiger partial charge in [0.1, 0.15) is 0 Å². The van der Waals surface area contributed by atoms with Gasteiger partial charge in [0, 0.05) is 10.2 Å². The molecule has 0 saturated heterocycles. The van der Waals surface area contributed by atoms with Crippen LogP contribution in [0.15, 0.2) is 57.3 Å². The monoisotopic (exact) mass is 472 g/mol. The molecule has 0 bridgehead atoms. The average molecular weight is 474 g/mol. The minimum Gasteiger partial charge on any atom is -0.296 e. The first-order chi connectivity index (χ1) is 12.3. The van der Waals surface area contributed by atoms with Crippen molar-refractivity contribution >= 4 is 65.6 Å². The van der Waals surface area contributed by atoms with E-state index < -0.39 is 15.9 Å². The van der Waals surface area contributed by atoms with E-state index in [-0.39, 0.29) is 20.1 Å². The Labute approximate surface area is 166 Å². The number of aromatic nitrogens is 2. The summed E-state index contributed by atoms with van der Waals surface area (Å²) in [5, 5.41) is 10.1. The molecule has 0 aliphatic rings. The van der Waals surface area contributed by atoms with E-state index in [1.165, 1.54) is 0 Å². The lowest BCUT2D eigenvalue weighted by Gasteiger charge is -2.04. The molecule has 2 aromatic carbocycles. The van der Waals surface area contributed by atoms with Crippen molar-refractivity contribution in [1.82, 2.24) is 10.2 Å². The molecule has 0 spiro atoms. The summed E-state index contributed by atoms with van der Waals surface area (Å²) < 4.78 is 27.7. The zero-order valence-electron chi connectivity index (χ0n) is 12.8. The fourth-order valence-corrected chi connectivity index (χ4v) is 4.34. The molecule has 0 aliphatic carbocycles. The number of hydrogen-bond acceptors (Lipinski definition) is 6. The van der Waals surface area contributed by atoms with Crippen LogP contribution in [-0.2, 0) is 10.0 Å². The van der Waals surface area contributed by atoms with Gasteiger partial charge in [-0.1, -0.05) is 51.0 Å². The van der Waals surface area contributed by atoms with Crippen molar-refractivity contribution in [1.29, 1.82) is 0 Å². The molecule has 7 nitrogen and oxygen atoms in total. The quantitative estimate of drug-likeness (QED) is 0.545. The summed E-state index contributed by atoms with van der Waals surface area (Å²) in [5.74, 6) is -0.503. The van der Waals surface area contributed by atoms with Gasteiger partial charge in [-0.05, 0) is 36.4 Å². The van der Waals surface area contributed by atoms with Crippen LogP contribution in [0.5, 0.6) is 0 Å². The van der Waals surface area contributed by atoms with Crippen LogP contribution in [0.25, 0.3) is 0 Å². The molecule has 1 heterocycles. The molecule has 0 radical (unpaired) electrons. The predicted molar refractivity (Wildman–Crippen MR) is 104 cm³/mol. The molecular weight excluding hydrogens is 464 g/mol. The van der Waals surface area contributed by atoms with Gasteiger partial charge in [0.2, 0.25) is 5.13 Å². The summed E-state index contributed by atoms with van der Waals surface area (Å²) in [6.45, 7) is 0. The number of carbonyl (C=O) groups excluding carboxylic acids is 1. The van der Waals surface area contributed by atoms with Gasteiger partial charge in [0.15, 0.2) is 0 Å². The summed E-state index contributed by atoms with van der Waals surface area (Å²) in [6, 6.07) is 13.1. The summed E-state index contributed by atoms with van der Waals surface area (Å²) in [4.78, 5) is 12.2. The molecule has 0 atom stereocenters. The molecule has 11 heteroatoms. The van der Waals surface area contributed by atoms with Crippen LogP contribution in [0.4, 0.5) is 10.8 Å². The molecule has 2 N–H and O–H groups in total. The average Bonchev–Trinajstić information content (AvgIpc) is 3.06. The van der Waals surface area contributed by atoms with E-state index in [1.807, 2.05) is 0 Å². The van der Waals surface area contributed by atoms with E-state index in [0.717, 1.165) is 15.8 Å². The van der Waals surface area contributed by atoms with Gasteiger partial charge in [0.05, 0.1) is 10.6 Å². The number of nitrogens with zero attached hydrogens (tertiary/aromatic N) is 2. The molecule has 0 unspecified atom stereocenters. The Bertz CT molecular complexity index is 1050. The summed E-state index contributed by atoms with van der Waals surface area (Å²) in [5.41, 5.74) is 0.631. The minimum absolute atomic E-state index is 0.0473. The maximum Gasteiger partial charge on any atom is 0.291 e. The fraction of sp³-hybridized carbons (Fsp3) is 0. The molecule has 1 amide bonds. The summed E-state index contributed by atoms with van der Waals surface area (Å²) in [6.07, 6.45) is 0. The van der Waals surface area contributed by atoms with Crippen molar-refractivity contribution in [3.8, 4) is 0 Å². The maximum atomic E-state index is 12.4. The Balaban J connectivity index is 1.75. The zero-order valence-corrected chi connectivity index (χ0v) is 16.8. The lowest BCUT2D eigenvalue weighted by Crippen LogP contribution is -2.12. The van der Waals surface area contributed by atoms with E-state index in [1.54, 1.807) is 48.5 Å². The second-order valence-electron chi connectivity index (χ2n) is 4.92. The van der Waals surface area contributed by atoms with E-state index in [0.29, 0.717) is 5.69 Å². The maximum absolute atomic E-state index is 12.4. The van der Waals surface area contributed by atoms with Crippen molar-refractivity contribution in [2.45, 2.75) is 4.34 Å². The van der Waals surface area contributed by atoms with Gasteiger partial charge < -0.3 is 0 Å². The number of halogens is 2. The van der Waals surface area contributed by atoms with Crippen LogP contribution in [0.2, 0.25) is 5.02 Å². The first-order valence-corrected chi connectivity index (χ1v) is 10.5. The summed E-state index contributed by atoms with van der Waals surface area (Å²) >= 11 is 9.97. The smallest absolute Gasteiger partial charge is 0.291 e. The predicted octanol–water partition coefficient (Wildman–Crippen LogP) is 4.01. The Morgan fingerprint density at radius 2 is 1.77 bits per heavy atom. The van der Waals surface area contributed by atoms with Gasteiger partial charge in [-0.15, -0.1) is 10.2 Å². The van der Waals surface area contributed by atoms with Crippen molar-refractivity contribution in [2.75, 3.05) is 10.0 Å². The second-order valence-corrected chi connectivity index (χ2v) is 9.08. The third-order valence-corrected chi connectivity index (χ3v) is 6.52. The molecule has 26 heavy (non-hydrogen) atoms. The molecule has 134 valence electrons.